The van der Waals surface area contributed by atoms with E-state index in [1.54, 1.807) is 12.1 Å². The lowest BCUT2D eigenvalue weighted by molar-refractivity contribution is -0.126. The molecule has 0 aliphatic heterocycles. The molecule has 2 rings (SSSR count). The summed E-state index contributed by atoms with van der Waals surface area (Å²) in [5.41, 5.74) is 5.46. The minimum absolute atomic E-state index is 0.0769. The third-order valence-electron chi connectivity index (χ3n) is 2.81. The molecule has 22 heavy (non-hydrogen) atoms. The van der Waals surface area contributed by atoms with E-state index in [9.17, 15) is 14.7 Å². The Hall–Kier alpha value is -2.86. The molecule has 0 aliphatic rings. The highest BCUT2D eigenvalue weighted by atomic mass is 16.5. The van der Waals surface area contributed by atoms with Crippen molar-refractivity contribution in [2.75, 3.05) is 6.61 Å². The number of ether oxygens (including phenoxy) is 1. The predicted octanol–water partition coefficient (Wildman–Crippen LogP) is 1.37. The van der Waals surface area contributed by atoms with E-state index < -0.39 is 11.8 Å². The number of aromatic hydroxyl groups is 1. The number of nitrogens with one attached hydrogen (secondary N) is 2. The summed E-state index contributed by atoms with van der Waals surface area (Å²) in [5, 5.41) is 9.52. The summed E-state index contributed by atoms with van der Waals surface area (Å²) in [6, 6.07) is 15.5. The van der Waals surface area contributed by atoms with Crippen molar-refractivity contribution in [2.24, 2.45) is 0 Å². The van der Waals surface area contributed by atoms with Crippen molar-refractivity contribution in [2.45, 2.75) is 6.61 Å². The second kappa shape index (κ2) is 7.80. The number of hydrazine groups is 1. The van der Waals surface area contributed by atoms with E-state index in [4.69, 9.17) is 4.74 Å². The zero-order valence-electron chi connectivity index (χ0n) is 11.8. The van der Waals surface area contributed by atoms with Crippen LogP contribution in [0.25, 0.3) is 0 Å². The minimum Gasteiger partial charge on any atom is -0.507 e. The fraction of sp³-hybridized carbons (Fsp3) is 0.125. The van der Waals surface area contributed by atoms with Gasteiger partial charge in [-0.3, -0.25) is 20.4 Å². The van der Waals surface area contributed by atoms with Gasteiger partial charge in [-0.05, 0) is 17.7 Å². The largest absolute Gasteiger partial charge is 0.507 e. The maximum atomic E-state index is 11.7. The SMILES string of the molecule is O=C(COCc1ccccc1)NNC(=O)c1ccccc1O. The van der Waals surface area contributed by atoms with Gasteiger partial charge in [-0.15, -0.1) is 0 Å². The number of benzene rings is 2. The number of hydrogen-bond acceptors (Lipinski definition) is 4. The van der Waals surface area contributed by atoms with Gasteiger partial charge in [0.2, 0.25) is 0 Å². The second-order valence-electron chi connectivity index (χ2n) is 4.50. The van der Waals surface area contributed by atoms with Crippen LogP contribution in [0.5, 0.6) is 5.75 Å². The van der Waals surface area contributed by atoms with Crippen LogP contribution in [0.15, 0.2) is 54.6 Å². The smallest absolute Gasteiger partial charge is 0.273 e. The van der Waals surface area contributed by atoms with Crippen LogP contribution < -0.4 is 10.9 Å². The first kappa shape index (κ1) is 15.5. The number of amides is 2. The highest BCUT2D eigenvalue weighted by molar-refractivity contribution is 5.97. The zero-order chi connectivity index (χ0) is 15.8. The van der Waals surface area contributed by atoms with E-state index >= 15 is 0 Å². The second-order valence-corrected chi connectivity index (χ2v) is 4.50. The van der Waals surface area contributed by atoms with E-state index in [2.05, 4.69) is 10.9 Å². The Bertz CT molecular complexity index is 644. The summed E-state index contributed by atoms with van der Waals surface area (Å²) in [6.45, 7) is 0.123. The average molecular weight is 300 g/mol. The van der Waals surface area contributed by atoms with Crippen molar-refractivity contribution in [3.05, 3.63) is 65.7 Å². The Morgan fingerprint density at radius 3 is 2.36 bits per heavy atom. The lowest BCUT2D eigenvalue weighted by Gasteiger charge is -2.09. The van der Waals surface area contributed by atoms with Gasteiger partial charge in [0.25, 0.3) is 11.8 Å². The third kappa shape index (κ3) is 4.60. The Balaban J connectivity index is 1.72. The summed E-state index contributed by atoms with van der Waals surface area (Å²) in [7, 11) is 0. The summed E-state index contributed by atoms with van der Waals surface area (Å²) >= 11 is 0. The van der Waals surface area contributed by atoms with Gasteiger partial charge >= 0.3 is 0 Å². The Morgan fingerprint density at radius 2 is 1.64 bits per heavy atom. The molecule has 2 aromatic rings. The fourth-order valence-electron chi connectivity index (χ4n) is 1.73. The van der Waals surface area contributed by atoms with Crippen molar-refractivity contribution >= 4 is 11.8 Å². The molecule has 2 aromatic carbocycles. The van der Waals surface area contributed by atoms with Crippen LogP contribution >= 0.6 is 0 Å². The van der Waals surface area contributed by atoms with Crippen LogP contribution in [0.1, 0.15) is 15.9 Å². The molecule has 0 saturated heterocycles. The quantitative estimate of drug-likeness (QED) is 0.728. The van der Waals surface area contributed by atoms with E-state index in [-0.39, 0.29) is 17.9 Å². The lowest BCUT2D eigenvalue weighted by Crippen LogP contribution is -2.43. The van der Waals surface area contributed by atoms with Crippen LogP contribution in [0.3, 0.4) is 0 Å². The number of phenolic OH excluding ortho intramolecular Hbond substituents is 1. The van der Waals surface area contributed by atoms with Crippen molar-refractivity contribution in [1.29, 1.82) is 0 Å². The maximum absolute atomic E-state index is 11.7. The van der Waals surface area contributed by atoms with Crippen LogP contribution in [0.2, 0.25) is 0 Å². The molecule has 0 fully saturated rings. The molecule has 6 nitrogen and oxygen atoms in total. The Labute approximate surface area is 127 Å². The Kier molecular flexibility index (Phi) is 5.50. The van der Waals surface area contributed by atoms with Gasteiger partial charge in [-0.25, -0.2) is 0 Å². The highest BCUT2D eigenvalue weighted by Crippen LogP contribution is 2.14. The maximum Gasteiger partial charge on any atom is 0.273 e. The van der Waals surface area contributed by atoms with Gasteiger partial charge in [0.05, 0.1) is 12.2 Å². The summed E-state index contributed by atoms with van der Waals surface area (Å²) in [5.74, 6) is -1.25. The summed E-state index contributed by atoms with van der Waals surface area (Å²) in [6.07, 6.45) is 0. The van der Waals surface area contributed by atoms with Gasteiger partial charge in [0.1, 0.15) is 12.4 Å². The molecule has 0 spiro atoms. The minimum atomic E-state index is -0.602. The molecule has 0 unspecified atom stereocenters. The van der Waals surface area contributed by atoms with Crippen LogP contribution in [-0.4, -0.2) is 23.5 Å². The van der Waals surface area contributed by atoms with Crippen molar-refractivity contribution in [3.8, 4) is 5.75 Å². The van der Waals surface area contributed by atoms with Crippen molar-refractivity contribution in [1.82, 2.24) is 10.9 Å². The van der Waals surface area contributed by atoms with Crippen LogP contribution in [0, 0.1) is 0 Å². The standard InChI is InChI=1S/C16H16N2O4/c19-14-9-5-4-8-13(14)16(21)18-17-15(20)11-22-10-12-6-2-1-3-7-12/h1-9,19H,10-11H2,(H,17,20)(H,18,21). The molecule has 2 amide bonds. The van der Waals surface area contributed by atoms with Gasteiger partial charge in [-0.1, -0.05) is 42.5 Å². The monoisotopic (exact) mass is 300 g/mol. The first-order chi connectivity index (χ1) is 10.7. The highest BCUT2D eigenvalue weighted by Gasteiger charge is 2.10. The third-order valence-corrected chi connectivity index (χ3v) is 2.81. The van der Waals surface area contributed by atoms with E-state index in [1.165, 1.54) is 12.1 Å². The van der Waals surface area contributed by atoms with E-state index in [0.29, 0.717) is 6.61 Å². The molecule has 0 atom stereocenters. The van der Waals surface area contributed by atoms with Gasteiger partial charge in [0.15, 0.2) is 0 Å². The van der Waals surface area contributed by atoms with Crippen molar-refractivity contribution in [3.63, 3.8) is 0 Å². The fourth-order valence-corrected chi connectivity index (χ4v) is 1.73. The van der Waals surface area contributed by atoms with Crippen LogP contribution in [-0.2, 0) is 16.1 Å². The van der Waals surface area contributed by atoms with E-state index in [0.717, 1.165) is 5.56 Å². The van der Waals surface area contributed by atoms with E-state index in [1.807, 2.05) is 30.3 Å². The molecular formula is C16H16N2O4. The molecule has 0 radical (unpaired) electrons. The van der Waals surface area contributed by atoms with Gasteiger partial charge in [0, 0.05) is 0 Å². The molecular weight excluding hydrogens is 284 g/mol. The molecule has 0 aromatic heterocycles. The number of rotatable bonds is 5. The first-order valence-electron chi connectivity index (χ1n) is 6.65. The number of phenols is 1. The van der Waals surface area contributed by atoms with Gasteiger partial charge in [-0.2, -0.15) is 0 Å². The predicted molar refractivity (Wildman–Crippen MR) is 79.8 cm³/mol. The number of carbonyl (C=O) groups is 2. The molecule has 0 bridgehead atoms. The number of carbonyl (C=O) groups excluding carboxylic acids is 2. The topological polar surface area (TPSA) is 87.7 Å². The molecule has 6 heteroatoms. The molecule has 114 valence electrons. The van der Waals surface area contributed by atoms with Crippen LogP contribution in [0.4, 0.5) is 0 Å². The lowest BCUT2D eigenvalue weighted by atomic mass is 10.2. The zero-order valence-corrected chi connectivity index (χ0v) is 11.8. The molecule has 0 heterocycles. The Morgan fingerprint density at radius 1 is 0.955 bits per heavy atom. The van der Waals surface area contributed by atoms with Gasteiger partial charge < -0.3 is 9.84 Å². The number of hydrogen-bond donors (Lipinski definition) is 3. The molecule has 0 saturated carbocycles. The summed E-state index contributed by atoms with van der Waals surface area (Å²) < 4.78 is 5.23. The normalized spacial score (nSPS) is 10.0. The van der Waals surface area contributed by atoms with Crippen molar-refractivity contribution < 1.29 is 19.4 Å². The summed E-state index contributed by atoms with van der Waals surface area (Å²) in [4.78, 5) is 23.3. The molecule has 3 N–H and O–H groups in total. The average Bonchev–Trinajstić information content (AvgIpc) is 2.54. The molecule has 0 aliphatic carbocycles. The number of para-hydroxylation sites is 1. The first-order valence-corrected chi connectivity index (χ1v) is 6.65.